The Hall–Kier alpha value is -1.22. The first-order valence-corrected chi connectivity index (χ1v) is 4.89. The van der Waals surface area contributed by atoms with Crippen molar-refractivity contribution in [1.29, 1.82) is 0 Å². The molecule has 1 aromatic carbocycles. The number of hydrogen-bond donors (Lipinski definition) is 2. The van der Waals surface area contributed by atoms with Crippen molar-refractivity contribution in [3.8, 4) is 0 Å². The number of rotatable bonds is 3. The maximum absolute atomic E-state index is 5.38. The summed E-state index contributed by atoms with van der Waals surface area (Å²) >= 11 is 0. The average molecular weight is 196 g/mol. The second-order valence-corrected chi connectivity index (χ2v) is 2.87. The number of nitrogen functional groups attached to an aromatic ring is 2. The van der Waals surface area contributed by atoms with Gasteiger partial charge < -0.3 is 16.2 Å². The van der Waals surface area contributed by atoms with Crippen LogP contribution < -0.4 is 11.5 Å². The van der Waals surface area contributed by atoms with E-state index in [0.29, 0.717) is 11.4 Å². The first-order chi connectivity index (χ1) is 6.70. The van der Waals surface area contributed by atoms with Crippen molar-refractivity contribution in [3.05, 3.63) is 24.3 Å². The summed E-state index contributed by atoms with van der Waals surface area (Å²) in [5.74, 6) is 0. The molecule has 0 atom stereocenters. The van der Waals surface area contributed by atoms with E-state index in [1.165, 1.54) is 0 Å². The lowest BCUT2D eigenvalue weighted by Gasteiger charge is -1.91. The molecule has 3 nitrogen and oxygen atoms in total. The predicted molar refractivity (Wildman–Crippen MR) is 62.1 cm³/mol. The molecule has 1 aromatic rings. The van der Waals surface area contributed by atoms with Gasteiger partial charge in [-0.2, -0.15) is 0 Å². The molecule has 14 heavy (non-hydrogen) atoms. The van der Waals surface area contributed by atoms with Crippen LogP contribution in [0.1, 0.15) is 20.3 Å². The zero-order valence-corrected chi connectivity index (χ0v) is 8.99. The average Bonchev–Trinajstić information content (AvgIpc) is 2.15. The molecule has 0 fully saturated rings. The monoisotopic (exact) mass is 196 g/mol. The fourth-order valence-electron chi connectivity index (χ4n) is 0.848. The zero-order chi connectivity index (χ0) is 10.8. The van der Waals surface area contributed by atoms with Gasteiger partial charge >= 0.3 is 0 Å². The Morgan fingerprint density at radius 3 is 1.93 bits per heavy atom. The SMILES string of the molecule is CCCOCC.Nc1cccc(N)c1. The molecule has 0 spiro atoms. The Balaban J connectivity index is 0.000000255. The van der Waals surface area contributed by atoms with Gasteiger partial charge in [0, 0.05) is 24.6 Å². The van der Waals surface area contributed by atoms with E-state index in [1.54, 1.807) is 18.2 Å². The molecule has 0 unspecified atom stereocenters. The predicted octanol–water partition coefficient (Wildman–Crippen LogP) is 2.28. The van der Waals surface area contributed by atoms with Gasteiger partial charge in [0.05, 0.1) is 0 Å². The lowest BCUT2D eigenvalue weighted by atomic mass is 10.3. The number of ether oxygens (including phenoxy) is 1. The third kappa shape index (κ3) is 7.43. The van der Waals surface area contributed by atoms with Crippen LogP contribution in [-0.2, 0) is 4.74 Å². The van der Waals surface area contributed by atoms with Gasteiger partial charge in [0.2, 0.25) is 0 Å². The first kappa shape index (κ1) is 12.8. The van der Waals surface area contributed by atoms with Gasteiger partial charge in [-0.1, -0.05) is 13.0 Å². The van der Waals surface area contributed by atoms with Crippen molar-refractivity contribution >= 4 is 11.4 Å². The van der Waals surface area contributed by atoms with Crippen molar-refractivity contribution in [3.63, 3.8) is 0 Å². The van der Waals surface area contributed by atoms with Crippen LogP contribution in [-0.4, -0.2) is 13.2 Å². The molecule has 0 heterocycles. The molecule has 4 N–H and O–H groups in total. The summed E-state index contributed by atoms with van der Waals surface area (Å²) in [7, 11) is 0. The minimum absolute atomic E-state index is 0.713. The van der Waals surface area contributed by atoms with E-state index in [9.17, 15) is 0 Å². The van der Waals surface area contributed by atoms with Crippen molar-refractivity contribution in [2.45, 2.75) is 20.3 Å². The van der Waals surface area contributed by atoms with E-state index in [1.807, 2.05) is 13.0 Å². The third-order valence-corrected chi connectivity index (χ3v) is 1.46. The van der Waals surface area contributed by atoms with Gasteiger partial charge in [-0.05, 0) is 31.5 Å². The largest absolute Gasteiger partial charge is 0.399 e. The Kier molecular flexibility index (Phi) is 7.65. The van der Waals surface area contributed by atoms with Gasteiger partial charge in [0.15, 0.2) is 0 Å². The molecule has 0 saturated carbocycles. The summed E-state index contributed by atoms with van der Waals surface area (Å²) in [6.07, 6.45) is 1.13. The van der Waals surface area contributed by atoms with Crippen LogP contribution in [0.4, 0.5) is 11.4 Å². The van der Waals surface area contributed by atoms with Crippen molar-refractivity contribution in [2.75, 3.05) is 24.7 Å². The Morgan fingerprint density at radius 2 is 1.71 bits per heavy atom. The highest BCUT2D eigenvalue weighted by atomic mass is 16.5. The van der Waals surface area contributed by atoms with Crippen LogP contribution in [0, 0.1) is 0 Å². The molecule has 0 aromatic heterocycles. The van der Waals surface area contributed by atoms with Crippen molar-refractivity contribution in [1.82, 2.24) is 0 Å². The number of anilines is 2. The van der Waals surface area contributed by atoms with Crippen LogP contribution in [0.2, 0.25) is 0 Å². The van der Waals surface area contributed by atoms with Crippen LogP contribution in [0.15, 0.2) is 24.3 Å². The summed E-state index contributed by atoms with van der Waals surface area (Å²) in [6, 6.07) is 7.15. The maximum atomic E-state index is 5.38. The fourth-order valence-corrected chi connectivity index (χ4v) is 0.848. The number of hydrogen-bond acceptors (Lipinski definition) is 3. The van der Waals surface area contributed by atoms with E-state index in [2.05, 4.69) is 6.92 Å². The molecule has 1 rings (SSSR count). The molecule has 3 heteroatoms. The third-order valence-electron chi connectivity index (χ3n) is 1.46. The number of benzene rings is 1. The van der Waals surface area contributed by atoms with E-state index >= 15 is 0 Å². The van der Waals surface area contributed by atoms with Crippen LogP contribution >= 0.6 is 0 Å². The summed E-state index contributed by atoms with van der Waals surface area (Å²) < 4.78 is 4.98. The fraction of sp³-hybridized carbons (Fsp3) is 0.455. The van der Waals surface area contributed by atoms with Gasteiger partial charge in [-0.15, -0.1) is 0 Å². The van der Waals surface area contributed by atoms with Gasteiger partial charge in [-0.25, -0.2) is 0 Å². The Bertz CT molecular complexity index is 217. The maximum Gasteiger partial charge on any atom is 0.0463 e. The minimum atomic E-state index is 0.713. The topological polar surface area (TPSA) is 61.3 Å². The molecule has 0 bridgehead atoms. The molecule has 0 aliphatic carbocycles. The van der Waals surface area contributed by atoms with E-state index < -0.39 is 0 Å². The summed E-state index contributed by atoms with van der Waals surface area (Å²) in [5, 5.41) is 0. The highest BCUT2D eigenvalue weighted by Crippen LogP contribution is 2.06. The van der Waals surface area contributed by atoms with Gasteiger partial charge in [-0.3, -0.25) is 0 Å². The van der Waals surface area contributed by atoms with E-state index in [0.717, 1.165) is 19.6 Å². The molecule has 0 aliphatic rings. The zero-order valence-electron chi connectivity index (χ0n) is 8.99. The van der Waals surface area contributed by atoms with E-state index in [4.69, 9.17) is 16.2 Å². The van der Waals surface area contributed by atoms with Crippen LogP contribution in [0.25, 0.3) is 0 Å². The first-order valence-electron chi connectivity index (χ1n) is 4.89. The normalized spacial score (nSPS) is 9.00. The second-order valence-electron chi connectivity index (χ2n) is 2.87. The molecular weight excluding hydrogens is 176 g/mol. The molecular formula is C11H20N2O. The molecule has 80 valence electrons. The highest BCUT2D eigenvalue weighted by molar-refractivity contribution is 5.50. The van der Waals surface area contributed by atoms with Crippen molar-refractivity contribution in [2.24, 2.45) is 0 Å². The smallest absolute Gasteiger partial charge is 0.0463 e. The second kappa shape index (κ2) is 8.38. The molecule has 0 radical (unpaired) electrons. The standard InChI is InChI=1S/C6H8N2.C5H12O/c7-5-2-1-3-6(8)4-5;1-3-5-6-4-2/h1-4H,7-8H2;3-5H2,1-2H3. The lowest BCUT2D eigenvalue weighted by Crippen LogP contribution is -1.88. The molecule has 0 amide bonds. The quantitative estimate of drug-likeness (QED) is 0.576. The highest BCUT2D eigenvalue weighted by Gasteiger charge is 1.81. The summed E-state index contributed by atoms with van der Waals surface area (Å²) in [6.45, 7) is 5.88. The van der Waals surface area contributed by atoms with Crippen LogP contribution in [0.5, 0.6) is 0 Å². The van der Waals surface area contributed by atoms with Crippen molar-refractivity contribution < 1.29 is 4.74 Å². The summed E-state index contributed by atoms with van der Waals surface area (Å²) in [4.78, 5) is 0. The van der Waals surface area contributed by atoms with Crippen LogP contribution in [0.3, 0.4) is 0 Å². The minimum Gasteiger partial charge on any atom is -0.399 e. The Labute approximate surface area is 86.1 Å². The Morgan fingerprint density at radius 1 is 1.14 bits per heavy atom. The van der Waals surface area contributed by atoms with Gasteiger partial charge in [0.1, 0.15) is 0 Å². The van der Waals surface area contributed by atoms with Gasteiger partial charge in [0.25, 0.3) is 0 Å². The molecule has 0 saturated heterocycles. The molecule has 0 aliphatic heterocycles. The lowest BCUT2D eigenvalue weighted by molar-refractivity contribution is 0.148. The van der Waals surface area contributed by atoms with E-state index in [-0.39, 0.29) is 0 Å². The number of nitrogens with two attached hydrogens (primary N) is 2. The summed E-state index contributed by atoms with van der Waals surface area (Å²) in [5.41, 5.74) is 12.2.